The Bertz CT molecular complexity index is 192. The van der Waals surface area contributed by atoms with Crippen molar-refractivity contribution in [2.24, 2.45) is 0 Å². The summed E-state index contributed by atoms with van der Waals surface area (Å²) in [5.74, 6) is 0.121. The second-order valence-corrected chi connectivity index (χ2v) is 3.81. The molecule has 12 heavy (non-hydrogen) atoms. The molecule has 1 N–H and O–H groups in total. The van der Waals surface area contributed by atoms with Crippen LogP contribution in [0.5, 0.6) is 0 Å². The summed E-state index contributed by atoms with van der Waals surface area (Å²) < 4.78 is 0. The van der Waals surface area contributed by atoms with E-state index in [-0.39, 0.29) is 5.78 Å². The van der Waals surface area contributed by atoms with Crippen molar-refractivity contribution in [1.82, 2.24) is 5.32 Å². The highest BCUT2D eigenvalue weighted by molar-refractivity contribution is 5.87. The standard InChI is InChI=1S/C10H17NO/c1-9(12)5-3-8-11-10(2)6-4-7-10/h3,5,11H,4,6-8H2,1-2H3/b5-3+. The van der Waals surface area contributed by atoms with Gasteiger partial charge in [-0.2, -0.15) is 0 Å². The van der Waals surface area contributed by atoms with Gasteiger partial charge in [0.15, 0.2) is 5.78 Å². The van der Waals surface area contributed by atoms with Gasteiger partial charge in [0.05, 0.1) is 0 Å². The van der Waals surface area contributed by atoms with E-state index in [1.165, 1.54) is 19.3 Å². The van der Waals surface area contributed by atoms with Crippen LogP contribution >= 0.6 is 0 Å². The van der Waals surface area contributed by atoms with E-state index in [0.717, 1.165) is 6.54 Å². The van der Waals surface area contributed by atoms with Crippen molar-refractivity contribution in [3.63, 3.8) is 0 Å². The van der Waals surface area contributed by atoms with Gasteiger partial charge in [-0.25, -0.2) is 0 Å². The van der Waals surface area contributed by atoms with Crippen LogP contribution in [-0.2, 0) is 4.79 Å². The summed E-state index contributed by atoms with van der Waals surface area (Å²) >= 11 is 0. The number of carbonyl (C=O) groups is 1. The molecule has 0 bridgehead atoms. The van der Waals surface area contributed by atoms with Crippen LogP contribution in [0.1, 0.15) is 33.1 Å². The van der Waals surface area contributed by atoms with Crippen LogP contribution in [-0.4, -0.2) is 17.9 Å². The van der Waals surface area contributed by atoms with Crippen molar-refractivity contribution in [3.05, 3.63) is 12.2 Å². The smallest absolute Gasteiger partial charge is 0.152 e. The largest absolute Gasteiger partial charge is 0.308 e. The van der Waals surface area contributed by atoms with E-state index in [4.69, 9.17) is 0 Å². The Balaban J connectivity index is 2.13. The minimum Gasteiger partial charge on any atom is -0.308 e. The molecule has 0 unspecified atom stereocenters. The SMILES string of the molecule is CC(=O)/C=C/CNC1(C)CCC1. The molecule has 0 aromatic rings. The molecule has 0 spiro atoms. The Morgan fingerprint density at radius 2 is 2.25 bits per heavy atom. The van der Waals surface area contributed by atoms with Gasteiger partial charge in [0.1, 0.15) is 0 Å². The highest BCUT2D eigenvalue weighted by Crippen LogP contribution is 2.30. The second kappa shape index (κ2) is 3.85. The first-order chi connectivity index (χ1) is 5.62. The van der Waals surface area contributed by atoms with E-state index in [1.807, 2.05) is 6.08 Å². The molecule has 0 aromatic heterocycles. The molecule has 1 rings (SSSR count). The maximum atomic E-state index is 10.5. The zero-order valence-electron chi connectivity index (χ0n) is 7.89. The number of allylic oxidation sites excluding steroid dienone is 1. The van der Waals surface area contributed by atoms with E-state index < -0.39 is 0 Å². The molecule has 0 aromatic carbocycles. The van der Waals surface area contributed by atoms with Gasteiger partial charge < -0.3 is 5.32 Å². The van der Waals surface area contributed by atoms with E-state index in [9.17, 15) is 4.79 Å². The van der Waals surface area contributed by atoms with Crippen LogP contribution in [0, 0.1) is 0 Å². The lowest BCUT2D eigenvalue weighted by atomic mass is 9.78. The average molecular weight is 167 g/mol. The lowest BCUT2D eigenvalue weighted by molar-refractivity contribution is -0.112. The maximum Gasteiger partial charge on any atom is 0.152 e. The topological polar surface area (TPSA) is 29.1 Å². The molecule has 0 saturated heterocycles. The van der Waals surface area contributed by atoms with Crippen molar-refractivity contribution >= 4 is 5.78 Å². The van der Waals surface area contributed by atoms with Crippen LogP contribution in [0.25, 0.3) is 0 Å². The third-order valence-corrected chi connectivity index (χ3v) is 2.46. The Kier molecular flexibility index (Phi) is 3.04. The van der Waals surface area contributed by atoms with Crippen LogP contribution in [0.4, 0.5) is 0 Å². The number of hydrogen-bond donors (Lipinski definition) is 1. The summed E-state index contributed by atoms with van der Waals surface area (Å²) in [6.07, 6.45) is 7.38. The molecule has 1 aliphatic rings. The van der Waals surface area contributed by atoms with Gasteiger partial charge in [0.25, 0.3) is 0 Å². The highest BCUT2D eigenvalue weighted by atomic mass is 16.1. The number of carbonyl (C=O) groups excluding carboxylic acids is 1. The molecule has 1 fully saturated rings. The minimum absolute atomic E-state index is 0.121. The normalized spacial score (nSPS) is 20.8. The molecule has 2 heteroatoms. The van der Waals surface area contributed by atoms with Gasteiger partial charge >= 0.3 is 0 Å². The molecular weight excluding hydrogens is 150 g/mol. The number of hydrogen-bond acceptors (Lipinski definition) is 2. The van der Waals surface area contributed by atoms with Crippen molar-refractivity contribution in [2.45, 2.75) is 38.6 Å². The van der Waals surface area contributed by atoms with Crippen molar-refractivity contribution in [2.75, 3.05) is 6.54 Å². The van der Waals surface area contributed by atoms with Gasteiger partial charge in [-0.3, -0.25) is 4.79 Å². The Morgan fingerprint density at radius 1 is 1.58 bits per heavy atom. The molecule has 0 atom stereocenters. The Hall–Kier alpha value is -0.630. The zero-order chi connectivity index (χ0) is 9.03. The lowest BCUT2D eigenvalue weighted by Crippen LogP contribution is -2.48. The predicted octanol–water partition coefficient (Wildman–Crippen LogP) is 1.66. The van der Waals surface area contributed by atoms with E-state index in [2.05, 4.69) is 12.2 Å². The summed E-state index contributed by atoms with van der Waals surface area (Å²) in [4.78, 5) is 10.5. The summed E-state index contributed by atoms with van der Waals surface area (Å²) in [5, 5.41) is 3.41. The van der Waals surface area contributed by atoms with Gasteiger partial charge in [0, 0.05) is 12.1 Å². The third kappa shape index (κ3) is 2.78. The second-order valence-electron chi connectivity index (χ2n) is 3.81. The van der Waals surface area contributed by atoms with Crippen LogP contribution in [0.15, 0.2) is 12.2 Å². The first-order valence-corrected chi connectivity index (χ1v) is 4.55. The quantitative estimate of drug-likeness (QED) is 0.645. The number of nitrogens with one attached hydrogen (secondary N) is 1. The van der Waals surface area contributed by atoms with E-state index in [1.54, 1.807) is 13.0 Å². The van der Waals surface area contributed by atoms with Gasteiger partial charge in [-0.05, 0) is 39.2 Å². The molecule has 0 heterocycles. The predicted molar refractivity (Wildman–Crippen MR) is 50.1 cm³/mol. The molecular formula is C10H17NO. The molecule has 2 nitrogen and oxygen atoms in total. The van der Waals surface area contributed by atoms with E-state index in [0.29, 0.717) is 5.54 Å². The van der Waals surface area contributed by atoms with Crippen molar-refractivity contribution in [3.8, 4) is 0 Å². The molecule has 0 radical (unpaired) electrons. The Labute approximate surface area is 74.0 Å². The average Bonchev–Trinajstić information content (AvgIpc) is 1.94. The number of rotatable bonds is 4. The fraction of sp³-hybridized carbons (Fsp3) is 0.700. The first kappa shape index (κ1) is 9.46. The highest BCUT2D eigenvalue weighted by Gasteiger charge is 2.30. The van der Waals surface area contributed by atoms with Crippen molar-refractivity contribution < 1.29 is 4.79 Å². The maximum absolute atomic E-state index is 10.5. The summed E-state index contributed by atoms with van der Waals surface area (Å²) in [7, 11) is 0. The van der Waals surface area contributed by atoms with Gasteiger partial charge in [0.2, 0.25) is 0 Å². The number of ketones is 1. The monoisotopic (exact) mass is 167 g/mol. The summed E-state index contributed by atoms with van der Waals surface area (Å²) in [5.41, 5.74) is 0.348. The molecule has 68 valence electrons. The molecule has 0 aliphatic heterocycles. The zero-order valence-corrected chi connectivity index (χ0v) is 7.89. The van der Waals surface area contributed by atoms with Gasteiger partial charge in [-0.1, -0.05) is 6.08 Å². The van der Waals surface area contributed by atoms with Crippen molar-refractivity contribution in [1.29, 1.82) is 0 Å². The summed E-state index contributed by atoms with van der Waals surface area (Å²) in [6, 6.07) is 0. The van der Waals surface area contributed by atoms with Crippen LogP contribution < -0.4 is 5.32 Å². The summed E-state index contributed by atoms with van der Waals surface area (Å²) in [6.45, 7) is 4.62. The molecule has 1 saturated carbocycles. The van der Waals surface area contributed by atoms with Crippen LogP contribution in [0.2, 0.25) is 0 Å². The molecule has 0 amide bonds. The lowest BCUT2D eigenvalue weighted by Gasteiger charge is -2.39. The first-order valence-electron chi connectivity index (χ1n) is 4.55. The van der Waals surface area contributed by atoms with Gasteiger partial charge in [-0.15, -0.1) is 0 Å². The molecule has 1 aliphatic carbocycles. The van der Waals surface area contributed by atoms with Crippen LogP contribution in [0.3, 0.4) is 0 Å². The minimum atomic E-state index is 0.121. The fourth-order valence-electron chi connectivity index (χ4n) is 1.41. The fourth-order valence-corrected chi connectivity index (χ4v) is 1.41. The third-order valence-electron chi connectivity index (χ3n) is 2.46. The Morgan fingerprint density at radius 3 is 2.67 bits per heavy atom. The van der Waals surface area contributed by atoms with E-state index >= 15 is 0 Å².